The number of carbonyl (C=O) groups excluding carboxylic acids is 1. The number of benzene rings is 1. The molecule has 0 spiro atoms. The lowest BCUT2D eigenvalue weighted by Gasteiger charge is -2.18. The van der Waals surface area contributed by atoms with Gasteiger partial charge >= 0.3 is 0 Å². The van der Waals surface area contributed by atoms with Crippen LogP contribution in [0.1, 0.15) is 10.4 Å². The van der Waals surface area contributed by atoms with Crippen LogP contribution < -0.4 is 9.47 Å². The molecule has 1 aliphatic rings. The molecule has 1 heterocycles. The van der Waals surface area contributed by atoms with Gasteiger partial charge in [-0.2, -0.15) is 0 Å². The summed E-state index contributed by atoms with van der Waals surface area (Å²) in [6.45, 7) is 1.09. The molecule has 1 unspecified atom stereocenters. The summed E-state index contributed by atoms with van der Waals surface area (Å²) >= 11 is 6.57. The van der Waals surface area contributed by atoms with Crippen LogP contribution in [0.3, 0.4) is 0 Å². The van der Waals surface area contributed by atoms with Crippen LogP contribution in [0, 0.1) is 0 Å². The van der Waals surface area contributed by atoms with Crippen molar-refractivity contribution in [3.05, 3.63) is 23.8 Å². The standard InChI is InChI=1S/C11H10Br2O3/c12-6-8(13)11(14)7-1-2-9-10(5-7)16-4-3-15-9/h1-2,5,8H,3-4,6H2. The lowest BCUT2D eigenvalue weighted by molar-refractivity contribution is 0.0996. The third-order valence-electron chi connectivity index (χ3n) is 2.25. The number of ether oxygens (including phenoxy) is 2. The summed E-state index contributed by atoms with van der Waals surface area (Å²) in [6.07, 6.45) is 0. The van der Waals surface area contributed by atoms with E-state index in [1.165, 1.54) is 0 Å². The van der Waals surface area contributed by atoms with Crippen molar-refractivity contribution in [3.8, 4) is 11.5 Å². The van der Waals surface area contributed by atoms with Gasteiger partial charge in [-0.05, 0) is 18.2 Å². The van der Waals surface area contributed by atoms with Gasteiger partial charge in [0.2, 0.25) is 0 Å². The first-order chi connectivity index (χ1) is 7.72. The van der Waals surface area contributed by atoms with Gasteiger partial charge in [-0.1, -0.05) is 31.9 Å². The van der Waals surface area contributed by atoms with Gasteiger partial charge in [0.05, 0.1) is 4.83 Å². The zero-order valence-electron chi connectivity index (χ0n) is 8.41. The molecule has 1 atom stereocenters. The van der Waals surface area contributed by atoms with Gasteiger partial charge in [0.25, 0.3) is 0 Å². The number of fused-ring (bicyclic) bond motifs is 1. The lowest BCUT2D eigenvalue weighted by Crippen LogP contribution is -2.18. The van der Waals surface area contributed by atoms with E-state index in [4.69, 9.17) is 9.47 Å². The number of hydrogen-bond donors (Lipinski definition) is 0. The van der Waals surface area contributed by atoms with Crippen molar-refractivity contribution in [2.24, 2.45) is 0 Å². The van der Waals surface area contributed by atoms with Crippen molar-refractivity contribution in [1.82, 2.24) is 0 Å². The van der Waals surface area contributed by atoms with E-state index in [0.717, 1.165) is 0 Å². The molecule has 0 amide bonds. The number of Topliss-reactive ketones (excluding diaryl/α,β-unsaturated/α-hetero) is 1. The Kier molecular flexibility index (Phi) is 3.86. The molecule has 86 valence electrons. The second kappa shape index (κ2) is 5.19. The summed E-state index contributed by atoms with van der Waals surface area (Å²) in [5.74, 6) is 1.38. The molecule has 1 aliphatic heterocycles. The Morgan fingerprint density at radius 1 is 1.31 bits per heavy atom. The highest BCUT2D eigenvalue weighted by molar-refractivity contribution is 9.12. The fourth-order valence-electron chi connectivity index (χ4n) is 1.45. The summed E-state index contributed by atoms with van der Waals surface area (Å²) in [5, 5.41) is 0.584. The molecule has 0 aromatic heterocycles. The van der Waals surface area contributed by atoms with Gasteiger partial charge in [0.1, 0.15) is 13.2 Å². The lowest BCUT2D eigenvalue weighted by atomic mass is 10.1. The van der Waals surface area contributed by atoms with Gasteiger partial charge in [0, 0.05) is 10.9 Å². The van der Waals surface area contributed by atoms with Crippen LogP contribution >= 0.6 is 31.9 Å². The minimum atomic E-state index is -0.213. The summed E-state index contributed by atoms with van der Waals surface area (Å²) in [5.41, 5.74) is 0.630. The van der Waals surface area contributed by atoms with E-state index in [-0.39, 0.29) is 10.6 Å². The summed E-state index contributed by atoms with van der Waals surface area (Å²) in [6, 6.07) is 5.26. The Labute approximate surface area is 110 Å². The Bertz CT molecular complexity index is 406. The number of hydrogen-bond acceptors (Lipinski definition) is 3. The normalized spacial score (nSPS) is 15.6. The molecule has 0 fully saturated rings. The average Bonchev–Trinajstić information content (AvgIpc) is 2.36. The molecule has 0 radical (unpaired) electrons. The molecule has 1 aromatic carbocycles. The van der Waals surface area contributed by atoms with Gasteiger partial charge in [0.15, 0.2) is 17.3 Å². The molecule has 16 heavy (non-hydrogen) atoms. The molecule has 0 saturated heterocycles. The van der Waals surface area contributed by atoms with Gasteiger partial charge in [-0.15, -0.1) is 0 Å². The Hall–Kier alpha value is -0.550. The van der Waals surface area contributed by atoms with Gasteiger partial charge < -0.3 is 9.47 Å². The summed E-state index contributed by atoms with van der Waals surface area (Å²) in [4.78, 5) is 11.7. The van der Waals surface area contributed by atoms with Crippen molar-refractivity contribution in [2.45, 2.75) is 4.83 Å². The zero-order chi connectivity index (χ0) is 11.5. The number of carbonyl (C=O) groups is 1. The molecule has 2 rings (SSSR count). The monoisotopic (exact) mass is 348 g/mol. The maximum atomic E-state index is 11.9. The van der Waals surface area contributed by atoms with Crippen LogP contribution in [0.25, 0.3) is 0 Å². The Morgan fingerprint density at radius 3 is 2.69 bits per heavy atom. The van der Waals surface area contributed by atoms with E-state index >= 15 is 0 Å². The fourth-order valence-corrected chi connectivity index (χ4v) is 2.01. The van der Waals surface area contributed by atoms with Gasteiger partial charge in [-0.3, -0.25) is 4.79 Å². The summed E-state index contributed by atoms with van der Waals surface area (Å²) in [7, 11) is 0. The van der Waals surface area contributed by atoms with E-state index in [1.54, 1.807) is 18.2 Å². The molecule has 0 bridgehead atoms. The van der Waals surface area contributed by atoms with Crippen molar-refractivity contribution in [3.63, 3.8) is 0 Å². The van der Waals surface area contributed by atoms with E-state index in [1.807, 2.05) is 0 Å². The minimum absolute atomic E-state index is 0.0360. The van der Waals surface area contributed by atoms with Crippen LogP contribution in [0.4, 0.5) is 0 Å². The molecule has 3 nitrogen and oxygen atoms in total. The predicted octanol–water partition coefficient (Wildman–Crippen LogP) is 2.80. The first kappa shape index (κ1) is 11.9. The quantitative estimate of drug-likeness (QED) is 0.621. The van der Waals surface area contributed by atoms with Crippen molar-refractivity contribution in [1.29, 1.82) is 0 Å². The zero-order valence-corrected chi connectivity index (χ0v) is 11.6. The van der Waals surface area contributed by atoms with Gasteiger partial charge in [-0.25, -0.2) is 0 Å². The van der Waals surface area contributed by atoms with Crippen LogP contribution in [-0.4, -0.2) is 29.2 Å². The van der Waals surface area contributed by atoms with E-state index in [2.05, 4.69) is 31.9 Å². The van der Waals surface area contributed by atoms with Crippen LogP contribution in [-0.2, 0) is 0 Å². The second-order valence-electron chi connectivity index (χ2n) is 3.34. The maximum Gasteiger partial charge on any atom is 0.177 e. The van der Waals surface area contributed by atoms with Crippen LogP contribution in [0.5, 0.6) is 11.5 Å². The highest BCUT2D eigenvalue weighted by Crippen LogP contribution is 2.31. The smallest absolute Gasteiger partial charge is 0.177 e. The van der Waals surface area contributed by atoms with E-state index in [0.29, 0.717) is 35.6 Å². The van der Waals surface area contributed by atoms with Crippen molar-refractivity contribution >= 4 is 37.6 Å². The third-order valence-corrected chi connectivity index (χ3v) is 4.50. The highest BCUT2D eigenvalue weighted by Gasteiger charge is 2.19. The third kappa shape index (κ3) is 2.40. The number of ketones is 1. The molecular weight excluding hydrogens is 340 g/mol. The van der Waals surface area contributed by atoms with Crippen molar-refractivity contribution < 1.29 is 14.3 Å². The van der Waals surface area contributed by atoms with E-state index in [9.17, 15) is 4.79 Å². The predicted molar refractivity (Wildman–Crippen MR) is 68.3 cm³/mol. The average molecular weight is 350 g/mol. The van der Waals surface area contributed by atoms with Crippen LogP contribution in [0.15, 0.2) is 18.2 Å². The molecule has 5 heteroatoms. The molecule has 0 N–H and O–H groups in total. The Morgan fingerprint density at radius 2 is 2.00 bits per heavy atom. The van der Waals surface area contributed by atoms with Crippen LogP contribution in [0.2, 0.25) is 0 Å². The van der Waals surface area contributed by atoms with E-state index < -0.39 is 0 Å². The highest BCUT2D eigenvalue weighted by atomic mass is 79.9. The largest absolute Gasteiger partial charge is 0.486 e. The van der Waals surface area contributed by atoms with Crippen molar-refractivity contribution in [2.75, 3.05) is 18.5 Å². The Balaban J connectivity index is 2.26. The first-order valence-electron chi connectivity index (χ1n) is 4.86. The molecular formula is C11H10Br2O3. The summed E-state index contributed by atoms with van der Waals surface area (Å²) < 4.78 is 10.8. The first-order valence-corrected chi connectivity index (χ1v) is 6.90. The molecule has 0 saturated carbocycles. The second-order valence-corrected chi connectivity index (χ2v) is 5.10. The minimum Gasteiger partial charge on any atom is -0.486 e. The molecule has 0 aliphatic carbocycles. The number of halogens is 2. The fraction of sp³-hybridized carbons (Fsp3) is 0.364. The SMILES string of the molecule is O=C(c1ccc2c(c1)OCCO2)C(Br)CBr. The maximum absolute atomic E-state index is 11.9. The number of alkyl halides is 2. The molecule has 1 aromatic rings. The topological polar surface area (TPSA) is 35.5 Å². The number of rotatable bonds is 3.